The van der Waals surface area contributed by atoms with Crippen LogP contribution in [-0.2, 0) is 11.3 Å². The van der Waals surface area contributed by atoms with Crippen LogP contribution in [0, 0.1) is 13.8 Å². The molecule has 0 amide bonds. The number of ether oxygens (including phenoxy) is 1. The molecule has 3 aromatic heterocycles. The fourth-order valence-electron chi connectivity index (χ4n) is 2.36. The average molecular weight is 330 g/mol. The molecule has 7 heteroatoms. The number of fused-ring (bicyclic) bond motifs is 1. The Hall–Kier alpha value is -2.54. The highest BCUT2D eigenvalue weighted by atomic mass is 32.1. The second kappa shape index (κ2) is 5.92. The van der Waals surface area contributed by atoms with Crippen molar-refractivity contribution in [3.8, 4) is 0 Å². The number of thiophene rings is 1. The van der Waals surface area contributed by atoms with Crippen LogP contribution in [0.4, 0.5) is 0 Å². The van der Waals surface area contributed by atoms with Gasteiger partial charge in [0.1, 0.15) is 9.71 Å². The van der Waals surface area contributed by atoms with Gasteiger partial charge in [-0.3, -0.25) is 4.79 Å². The van der Waals surface area contributed by atoms with E-state index in [1.807, 2.05) is 36.0 Å². The van der Waals surface area contributed by atoms with E-state index in [0.29, 0.717) is 33.0 Å². The Morgan fingerprint density at radius 1 is 1.35 bits per heavy atom. The molecule has 0 aliphatic carbocycles. The summed E-state index contributed by atoms with van der Waals surface area (Å²) in [6.07, 6.45) is 3.86. The third-order valence-electron chi connectivity index (χ3n) is 3.61. The van der Waals surface area contributed by atoms with E-state index in [9.17, 15) is 9.59 Å². The summed E-state index contributed by atoms with van der Waals surface area (Å²) in [5, 5.41) is 0.452. The Balaban J connectivity index is 2.05. The number of nitrogens with one attached hydrogen (secondary N) is 1. The number of pyridine rings is 1. The van der Waals surface area contributed by atoms with Crippen LogP contribution in [-0.4, -0.2) is 23.0 Å². The van der Waals surface area contributed by atoms with E-state index < -0.39 is 5.97 Å². The zero-order valence-corrected chi connectivity index (χ0v) is 13.9. The lowest BCUT2D eigenvalue weighted by atomic mass is 10.2. The second-order valence-corrected chi connectivity index (χ2v) is 6.29. The zero-order valence-electron chi connectivity index (χ0n) is 13.0. The van der Waals surface area contributed by atoms with Gasteiger partial charge in [0.05, 0.1) is 12.5 Å². The van der Waals surface area contributed by atoms with Crippen LogP contribution in [0.25, 0.3) is 10.2 Å². The highest BCUT2D eigenvalue weighted by molar-refractivity contribution is 7.20. The first kappa shape index (κ1) is 15.4. The molecule has 0 aliphatic rings. The van der Waals surface area contributed by atoms with Crippen LogP contribution in [0.2, 0.25) is 0 Å². The first-order valence-electron chi connectivity index (χ1n) is 7.06. The summed E-state index contributed by atoms with van der Waals surface area (Å²) < 4.78 is 6.68. The van der Waals surface area contributed by atoms with Crippen LogP contribution >= 0.6 is 11.3 Å². The number of nitrogens with zero attached hydrogens (tertiary/aromatic N) is 2. The summed E-state index contributed by atoms with van der Waals surface area (Å²) in [7, 11) is 1.32. The number of aryl methyl sites for hydroxylation is 2. The lowest BCUT2D eigenvalue weighted by Gasteiger charge is -1.99. The number of H-pyrrole nitrogens is 1. The highest BCUT2D eigenvalue weighted by Gasteiger charge is 2.20. The third-order valence-corrected chi connectivity index (χ3v) is 4.78. The van der Waals surface area contributed by atoms with Gasteiger partial charge in [0, 0.05) is 12.1 Å². The Kier molecular flexibility index (Phi) is 3.96. The van der Waals surface area contributed by atoms with Crippen LogP contribution in [0.5, 0.6) is 0 Å². The Labute approximate surface area is 136 Å². The molecular formula is C16H16N3O3S+. The van der Waals surface area contributed by atoms with Gasteiger partial charge >= 0.3 is 5.97 Å². The van der Waals surface area contributed by atoms with Gasteiger partial charge in [0.25, 0.3) is 5.56 Å². The molecule has 3 heterocycles. The number of aromatic amines is 1. The number of hydrogen-bond acceptors (Lipinski definition) is 5. The third kappa shape index (κ3) is 2.87. The molecule has 0 aliphatic heterocycles. The van der Waals surface area contributed by atoms with Crippen molar-refractivity contribution in [2.24, 2.45) is 0 Å². The summed E-state index contributed by atoms with van der Waals surface area (Å²) in [4.78, 5) is 32.4. The maximum absolute atomic E-state index is 12.3. The maximum Gasteiger partial charge on any atom is 0.348 e. The Morgan fingerprint density at radius 3 is 2.70 bits per heavy atom. The smallest absolute Gasteiger partial charge is 0.348 e. The molecule has 0 spiro atoms. The molecule has 23 heavy (non-hydrogen) atoms. The summed E-state index contributed by atoms with van der Waals surface area (Å²) in [6, 6.07) is 3.97. The van der Waals surface area contributed by atoms with E-state index in [1.54, 1.807) is 6.92 Å². The van der Waals surface area contributed by atoms with Crippen molar-refractivity contribution >= 4 is 27.5 Å². The number of carbonyl (C=O) groups excluding carboxylic acids is 1. The highest BCUT2D eigenvalue weighted by Crippen LogP contribution is 2.27. The van der Waals surface area contributed by atoms with Crippen molar-refractivity contribution in [1.29, 1.82) is 0 Å². The van der Waals surface area contributed by atoms with Crippen LogP contribution in [0.15, 0.2) is 29.3 Å². The van der Waals surface area contributed by atoms with Gasteiger partial charge in [-0.15, -0.1) is 11.3 Å². The average Bonchev–Trinajstić information content (AvgIpc) is 2.86. The number of methoxy groups -OCH3 is 1. The van der Waals surface area contributed by atoms with Gasteiger partial charge < -0.3 is 9.72 Å². The molecule has 3 aromatic rings. The molecule has 0 saturated heterocycles. The standard InChI is InChI=1S/C16H15N3O3S/c1-9-4-6-19(7-5-9)8-11-17-14(20)12-10(2)13(16(21)22-3)23-15(12)18-11/h4-7H,8H2,1-3H3/p+1. The fourth-order valence-corrected chi connectivity index (χ4v) is 3.48. The first-order valence-corrected chi connectivity index (χ1v) is 7.87. The molecular weight excluding hydrogens is 314 g/mol. The molecule has 0 fully saturated rings. The van der Waals surface area contributed by atoms with Gasteiger partial charge in [-0.25, -0.2) is 9.78 Å². The van der Waals surface area contributed by atoms with Gasteiger partial charge in [-0.1, -0.05) is 0 Å². The topological polar surface area (TPSA) is 75.9 Å². The molecule has 3 rings (SSSR count). The lowest BCUT2D eigenvalue weighted by Crippen LogP contribution is -2.35. The minimum atomic E-state index is -0.445. The first-order chi connectivity index (χ1) is 11.0. The van der Waals surface area contributed by atoms with E-state index in [-0.39, 0.29) is 5.56 Å². The van der Waals surface area contributed by atoms with Gasteiger partial charge in [0.2, 0.25) is 6.54 Å². The molecule has 6 nitrogen and oxygen atoms in total. The predicted molar refractivity (Wildman–Crippen MR) is 86.8 cm³/mol. The van der Waals surface area contributed by atoms with E-state index >= 15 is 0 Å². The van der Waals surface area contributed by atoms with Crippen molar-refractivity contribution < 1.29 is 14.1 Å². The van der Waals surface area contributed by atoms with Gasteiger partial charge in [-0.05, 0) is 25.0 Å². The summed E-state index contributed by atoms with van der Waals surface area (Å²) in [6.45, 7) is 4.20. The Morgan fingerprint density at radius 2 is 2.04 bits per heavy atom. The summed E-state index contributed by atoms with van der Waals surface area (Å²) in [5.41, 5.74) is 1.54. The molecule has 0 atom stereocenters. The van der Waals surface area contributed by atoms with Crippen LogP contribution in [0.1, 0.15) is 26.6 Å². The van der Waals surface area contributed by atoms with Crippen molar-refractivity contribution in [3.63, 3.8) is 0 Å². The monoisotopic (exact) mass is 330 g/mol. The maximum atomic E-state index is 12.3. The van der Waals surface area contributed by atoms with Gasteiger partial charge in [0.15, 0.2) is 18.2 Å². The van der Waals surface area contributed by atoms with E-state index in [4.69, 9.17) is 4.74 Å². The SMILES string of the molecule is COC(=O)c1sc2nc(C[n+]3ccc(C)cc3)[nH]c(=O)c2c1C. The molecule has 0 bridgehead atoms. The predicted octanol–water partition coefficient (Wildman–Crippen LogP) is 1.72. The number of hydrogen-bond donors (Lipinski definition) is 1. The number of rotatable bonds is 3. The zero-order chi connectivity index (χ0) is 16.6. The minimum absolute atomic E-state index is 0.235. The fraction of sp³-hybridized carbons (Fsp3) is 0.250. The van der Waals surface area contributed by atoms with Crippen molar-refractivity contribution in [3.05, 3.63) is 56.7 Å². The molecule has 1 N–H and O–H groups in total. The lowest BCUT2D eigenvalue weighted by molar-refractivity contribution is -0.689. The van der Waals surface area contributed by atoms with Crippen LogP contribution in [0.3, 0.4) is 0 Å². The summed E-state index contributed by atoms with van der Waals surface area (Å²) in [5.74, 6) is 0.105. The molecule has 0 unspecified atom stereocenters. The van der Waals surface area contributed by atoms with Gasteiger partial charge in [-0.2, -0.15) is 4.57 Å². The Bertz CT molecular complexity index is 942. The molecule has 0 aromatic carbocycles. The van der Waals surface area contributed by atoms with E-state index in [2.05, 4.69) is 9.97 Å². The van der Waals surface area contributed by atoms with Crippen molar-refractivity contribution in [2.45, 2.75) is 20.4 Å². The number of aromatic nitrogens is 3. The van der Waals surface area contributed by atoms with E-state index in [1.165, 1.54) is 18.4 Å². The summed E-state index contributed by atoms with van der Waals surface area (Å²) >= 11 is 1.18. The van der Waals surface area contributed by atoms with Crippen LogP contribution < -0.4 is 10.1 Å². The van der Waals surface area contributed by atoms with Crippen molar-refractivity contribution in [1.82, 2.24) is 9.97 Å². The van der Waals surface area contributed by atoms with E-state index in [0.717, 1.165) is 5.56 Å². The normalized spacial score (nSPS) is 10.9. The number of esters is 1. The minimum Gasteiger partial charge on any atom is -0.465 e. The molecule has 118 valence electrons. The second-order valence-electron chi connectivity index (χ2n) is 5.29. The molecule has 0 saturated carbocycles. The number of carbonyl (C=O) groups is 1. The largest absolute Gasteiger partial charge is 0.465 e. The molecule has 0 radical (unpaired) electrons. The van der Waals surface area contributed by atoms with Crippen molar-refractivity contribution in [2.75, 3.05) is 7.11 Å². The quantitative estimate of drug-likeness (QED) is 0.586.